The molecule has 1 aliphatic carbocycles. The smallest absolute Gasteiger partial charge is 0.331 e. The van der Waals surface area contributed by atoms with Crippen molar-refractivity contribution in [3.8, 4) is 0 Å². The first-order valence-electron chi connectivity index (χ1n) is 4.63. The van der Waals surface area contributed by atoms with Crippen molar-refractivity contribution in [2.24, 2.45) is 0 Å². The summed E-state index contributed by atoms with van der Waals surface area (Å²) in [6.45, 7) is 1.84. The lowest BCUT2D eigenvalue weighted by atomic mass is 9.80. The van der Waals surface area contributed by atoms with Gasteiger partial charge in [0.25, 0.3) is 0 Å². The molecule has 0 aromatic carbocycles. The monoisotopic (exact) mass is 200 g/mol. The minimum atomic E-state index is -0.830. The molecule has 4 heteroatoms. The summed E-state index contributed by atoms with van der Waals surface area (Å²) in [7, 11) is 3.15. The van der Waals surface area contributed by atoms with Crippen LogP contribution in [-0.2, 0) is 14.3 Å². The quantitative estimate of drug-likeness (QED) is 0.552. The molecule has 1 aliphatic rings. The number of aliphatic carboxylic acids is 1. The predicted octanol–water partition coefficient (Wildman–Crippen LogP) is 1.56. The van der Waals surface area contributed by atoms with Crippen LogP contribution in [0.4, 0.5) is 0 Å². The van der Waals surface area contributed by atoms with Crippen molar-refractivity contribution in [3.63, 3.8) is 0 Å². The number of carboxylic acids is 1. The van der Waals surface area contributed by atoms with E-state index in [0.29, 0.717) is 24.8 Å². The van der Waals surface area contributed by atoms with Crippen LogP contribution < -0.4 is 0 Å². The fraction of sp³-hybridized carbons (Fsp3) is 0.700. The summed E-state index contributed by atoms with van der Waals surface area (Å²) in [5.74, 6) is -1.41. The fourth-order valence-electron chi connectivity index (χ4n) is 1.74. The highest BCUT2D eigenvalue weighted by Gasteiger charge is 2.43. The zero-order valence-electron chi connectivity index (χ0n) is 8.79. The van der Waals surface area contributed by atoms with Gasteiger partial charge in [0.05, 0.1) is 0 Å². The maximum absolute atomic E-state index is 10.8. The van der Waals surface area contributed by atoms with Gasteiger partial charge in [-0.15, -0.1) is 0 Å². The summed E-state index contributed by atoms with van der Waals surface area (Å²) < 4.78 is 10.4. The van der Waals surface area contributed by atoms with Crippen molar-refractivity contribution in [1.29, 1.82) is 0 Å². The van der Waals surface area contributed by atoms with E-state index in [9.17, 15) is 4.79 Å². The molecule has 0 heterocycles. The van der Waals surface area contributed by atoms with Crippen LogP contribution in [0.1, 0.15) is 26.2 Å². The summed E-state index contributed by atoms with van der Waals surface area (Å²) in [6, 6.07) is 0. The van der Waals surface area contributed by atoms with E-state index < -0.39 is 11.8 Å². The first-order chi connectivity index (χ1) is 6.58. The Balaban J connectivity index is 2.74. The van der Waals surface area contributed by atoms with Gasteiger partial charge in [0.1, 0.15) is 0 Å². The van der Waals surface area contributed by atoms with Gasteiger partial charge in [0, 0.05) is 32.6 Å². The third kappa shape index (κ3) is 1.81. The number of carboxylic acid groups (broad SMARTS) is 1. The van der Waals surface area contributed by atoms with E-state index >= 15 is 0 Å². The molecule has 0 saturated heterocycles. The summed E-state index contributed by atoms with van der Waals surface area (Å²) in [6.07, 6.45) is 1.68. The minimum absolute atomic E-state index is 0.495. The molecule has 0 aromatic heterocycles. The third-order valence-corrected chi connectivity index (χ3v) is 2.75. The van der Waals surface area contributed by atoms with Crippen LogP contribution in [0.2, 0.25) is 0 Å². The van der Waals surface area contributed by atoms with Gasteiger partial charge in [-0.05, 0) is 12.0 Å². The molecule has 0 radical (unpaired) electrons. The van der Waals surface area contributed by atoms with E-state index in [1.54, 1.807) is 14.2 Å². The lowest BCUT2D eigenvalue weighted by Gasteiger charge is -2.41. The number of methoxy groups -OCH3 is 2. The molecule has 0 atom stereocenters. The normalized spacial score (nSPS) is 18.9. The van der Waals surface area contributed by atoms with Crippen molar-refractivity contribution in [1.82, 2.24) is 0 Å². The Morgan fingerprint density at radius 2 is 1.93 bits per heavy atom. The van der Waals surface area contributed by atoms with Gasteiger partial charge in [0.2, 0.25) is 0 Å². The molecular weight excluding hydrogens is 184 g/mol. The highest BCUT2D eigenvalue weighted by molar-refractivity contribution is 5.87. The summed E-state index contributed by atoms with van der Waals surface area (Å²) >= 11 is 0. The van der Waals surface area contributed by atoms with Gasteiger partial charge in [-0.3, -0.25) is 0 Å². The van der Waals surface area contributed by atoms with Gasteiger partial charge >= 0.3 is 5.97 Å². The Bertz CT molecular complexity index is 253. The van der Waals surface area contributed by atoms with Crippen molar-refractivity contribution >= 4 is 5.97 Å². The lowest BCUT2D eigenvalue weighted by Crippen LogP contribution is -2.43. The second-order valence-electron chi connectivity index (χ2n) is 3.41. The predicted molar refractivity (Wildman–Crippen MR) is 50.9 cm³/mol. The zero-order valence-corrected chi connectivity index (χ0v) is 8.79. The minimum Gasteiger partial charge on any atom is -0.478 e. The second kappa shape index (κ2) is 4.11. The average molecular weight is 200 g/mol. The van der Waals surface area contributed by atoms with E-state index in [4.69, 9.17) is 14.6 Å². The molecule has 1 fully saturated rings. The molecule has 14 heavy (non-hydrogen) atoms. The van der Waals surface area contributed by atoms with Gasteiger partial charge < -0.3 is 14.6 Å². The fourth-order valence-corrected chi connectivity index (χ4v) is 1.74. The molecule has 1 rings (SSSR count). The van der Waals surface area contributed by atoms with E-state index in [-0.39, 0.29) is 0 Å². The van der Waals surface area contributed by atoms with Crippen molar-refractivity contribution in [2.75, 3.05) is 14.2 Å². The standard InChI is InChI=1S/C10H16O4/c1-4-8(9(11)12)7-5-10(6-7,13-2)14-3/h4-6H2,1-3H3,(H,11,12). The Morgan fingerprint density at radius 3 is 2.21 bits per heavy atom. The first kappa shape index (κ1) is 11.2. The second-order valence-corrected chi connectivity index (χ2v) is 3.41. The largest absolute Gasteiger partial charge is 0.478 e. The molecule has 0 spiro atoms. The first-order valence-corrected chi connectivity index (χ1v) is 4.63. The maximum atomic E-state index is 10.8. The van der Waals surface area contributed by atoms with Crippen molar-refractivity contribution in [2.45, 2.75) is 32.0 Å². The summed E-state index contributed by atoms with van der Waals surface area (Å²) in [5, 5.41) is 8.88. The topological polar surface area (TPSA) is 55.8 Å². The Hall–Kier alpha value is -0.870. The Labute approximate surface area is 83.5 Å². The highest BCUT2D eigenvalue weighted by Crippen LogP contribution is 2.42. The van der Waals surface area contributed by atoms with Crippen LogP contribution in [0.5, 0.6) is 0 Å². The van der Waals surface area contributed by atoms with Crippen molar-refractivity contribution in [3.05, 3.63) is 11.1 Å². The van der Waals surface area contributed by atoms with E-state index in [1.165, 1.54) is 0 Å². The summed E-state index contributed by atoms with van der Waals surface area (Å²) in [4.78, 5) is 10.8. The number of hydrogen-bond donors (Lipinski definition) is 1. The Morgan fingerprint density at radius 1 is 1.43 bits per heavy atom. The number of ether oxygens (including phenoxy) is 2. The molecule has 1 saturated carbocycles. The van der Waals surface area contributed by atoms with Gasteiger partial charge in [-0.1, -0.05) is 6.92 Å². The third-order valence-electron chi connectivity index (χ3n) is 2.75. The van der Waals surface area contributed by atoms with Crippen LogP contribution >= 0.6 is 0 Å². The molecule has 1 N–H and O–H groups in total. The maximum Gasteiger partial charge on any atom is 0.331 e. The number of carbonyl (C=O) groups is 1. The zero-order chi connectivity index (χ0) is 10.8. The van der Waals surface area contributed by atoms with Gasteiger partial charge in [-0.2, -0.15) is 0 Å². The SMILES string of the molecule is CCC(C(=O)O)=C1CC(OC)(OC)C1. The highest BCUT2D eigenvalue weighted by atomic mass is 16.7. The summed E-state index contributed by atoms with van der Waals surface area (Å²) in [5.41, 5.74) is 1.43. The van der Waals surface area contributed by atoms with E-state index in [1.807, 2.05) is 6.92 Å². The van der Waals surface area contributed by atoms with E-state index in [0.717, 1.165) is 5.57 Å². The molecule has 80 valence electrons. The molecule has 0 unspecified atom stereocenters. The van der Waals surface area contributed by atoms with E-state index in [2.05, 4.69) is 0 Å². The lowest BCUT2D eigenvalue weighted by molar-refractivity contribution is -0.229. The molecule has 4 nitrogen and oxygen atoms in total. The van der Waals surface area contributed by atoms with Crippen LogP contribution in [0.15, 0.2) is 11.1 Å². The Kier molecular flexibility index (Phi) is 3.29. The molecule has 0 bridgehead atoms. The van der Waals surface area contributed by atoms with Gasteiger partial charge in [-0.25, -0.2) is 4.79 Å². The number of hydrogen-bond acceptors (Lipinski definition) is 3. The number of rotatable bonds is 4. The molecule has 0 amide bonds. The van der Waals surface area contributed by atoms with Crippen LogP contribution in [0.3, 0.4) is 0 Å². The van der Waals surface area contributed by atoms with Gasteiger partial charge in [0.15, 0.2) is 5.79 Å². The van der Waals surface area contributed by atoms with Crippen LogP contribution in [0.25, 0.3) is 0 Å². The van der Waals surface area contributed by atoms with Crippen molar-refractivity contribution < 1.29 is 19.4 Å². The average Bonchev–Trinajstić information content (AvgIpc) is 2.10. The van der Waals surface area contributed by atoms with Crippen LogP contribution in [0, 0.1) is 0 Å². The van der Waals surface area contributed by atoms with Crippen LogP contribution in [-0.4, -0.2) is 31.1 Å². The molecular formula is C10H16O4. The molecule has 0 aliphatic heterocycles. The molecule has 0 aromatic rings.